The van der Waals surface area contributed by atoms with Crippen molar-refractivity contribution in [2.24, 2.45) is 4.99 Å². The van der Waals surface area contributed by atoms with Crippen LogP contribution in [0.25, 0.3) is 0 Å². The number of hydrogen-bond donors (Lipinski definition) is 0. The van der Waals surface area contributed by atoms with Crippen molar-refractivity contribution < 1.29 is 9.53 Å². The lowest BCUT2D eigenvalue weighted by Gasteiger charge is -2.26. The number of aliphatic imine (C=N–C) groups is 1. The molecule has 0 spiro atoms. The van der Waals surface area contributed by atoms with Crippen LogP contribution in [0.1, 0.15) is 83.9 Å². The zero-order valence-corrected chi connectivity index (χ0v) is 21.5. The van der Waals surface area contributed by atoms with E-state index in [1.807, 2.05) is 45.5 Å². The van der Waals surface area contributed by atoms with Crippen LogP contribution < -0.4 is 0 Å². The molecule has 0 amide bonds. The second kappa shape index (κ2) is 9.96. The summed E-state index contributed by atoms with van der Waals surface area (Å²) in [6, 6.07) is -0.496. The molecular weight excluding hydrogens is 444 g/mol. The summed E-state index contributed by atoms with van der Waals surface area (Å²) >= 11 is 8.04. The largest absolute Gasteiger partial charge is 0.460 e. The van der Waals surface area contributed by atoms with E-state index in [4.69, 9.17) is 21.3 Å². The van der Waals surface area contributed by atoms with Gasteiger partial charge >= 0.3 is 5.97 Å². The van der Waals surface area contributed by atoms with Crippen molar-refractivity contribution in [2.75, 3.05) is 0 Å². The summed E-state index contributed by atoms with van der Waals surface area (Å²) in [5, 5.41) is 10.0. The molecule has 2 aliphatic rings. The zero-order chi connectivity index (χ0) is 23.6. The molecule has 1 aliphatic carbocycles. The van der Waals surface area contributed by atoms with Gasteiger partial charge in [-0.15, -0.1) is 22.0 Å². The van der Waals surface area contributed by atoms with E-state index in [0.29, 0.717) is 18.7 Å². The highest BCUT2D eigenvalue weighted by molar-refractivity contribution is 8.00. The van der Waals surface area contributed by atoms with Gasteiger partial charge in [-0.25, -0.2) is 0 Å². The Morgan fingerprint density at radius 1 is 1.22 bits per heavy atom. The van der Waals surface area contributed by atoms with Crippen molar-refractivity contribution in [3.63, 3.8) is 0 Å². The number of rotatable bonds is 3. The SMILES string of the molecule is C/C1=C\C(C2=CCC(Cl)=CC2)=NC(CC(=O)OC(C)(C)C)c2nnc(C)n2C(C)SC1C. The summed E-state index contributed by atoms with van der Waals surface area (Å²) in [7, 11) is 0. The number of thioether (sulfide) groups is 1. The molecule has 6 nitrogen and oxygen atoms in total. The van der Waals surface area contributed by atoms with Crippen LogP contribution in [0, 0.1) is 6.92 Å². The van der Waals surface area contributed by atoms with Crippen molar-refractivity contribution in [1.29, 1.82) is 0 Å². The van der Waals surface area contributed by atoms with Crippen LogP contribution in [0.2, 0.25) is 0 Å². The first kappa shape index (κ1) is 24.8. The summed E-state index contributed by atoms with van der Waals surface area (Å²) in [5.74, 6) is 1.20. The molecule has 0 bridgehead atoms. The van der Waals surface area contributed by atoms with E-state index < -0.39 is 11.6 Å². The van der Waals surface area contributed by atoms with Crippen LogP contribution in [0.15, 0.2) is 39.4 Å². The summed E-state index contributed by atoms with van der Waals surface area (Å²) in [5.41, 5.74) is 2.64. The molecule has 0 saturated carbocycles. The summed E-state index contributed by atoms with van der Waals surface area (Å²) < 4.78 is 7.72. The molecule has 32 heavy (non-hydrogen) atoms. The van der Waals surface area contributed by atoms with Gasteiger partial charge in [-0.3, -0.25) is 9.79 Å². The number of aromatic nitrogens is 3. The first-order valence-electron chi connectivity index (χ1n) is 11.0. The third-order valence-corrected chi connectivity index (χ3v) is 7.15. The van der Waals surface area contributed by atoms with Gasteiger partial charge in [0, 0.05) is 16.7 Å². The standard InChI is InChI=1S/C24H33ClN4O2S/c1-14-12-20(18-8-10-19(25)11-9-18)26-21(13-22(30)31-24(5,6)7)23-28-27-16(3)29(23)17(4)32-15(14)2/h8,11-12,15,17,21H,9-10,13H2,1-7H3/b14-12+,26-20?. The average molecular weight is 477 g/mol. The number of halogens is 1. The number of aryl methyl sites for hydroxylation is 1. The van der Waals surface area contributed by atoms with E-state index in [-0.39, 0.29) is 23.0 Å². The molecule has 0 fully saturated rings. The topological polar surface area (TPSA) is 69.4 Å². The van der Waals surface area contributed by atoms with Crippen LogP contribution in [0.3, 0.4) is 0 Å². The van der Waals surface area contributed by atoms with Gasteiger partial charge in [0.25, 0.3) is 0 Å². The highest BCUT2D eigenvalue weighted by Gasteiger charge is 2.29. The highest BCUT2D eigenvalue weighted by Crippen LogP contribution is 2.37. The molecular formula is C24H33ClN4O2S. The Balaban J connectivity index is 2.12. The van der Waals surface area contributed by atoms with Crippen molar-refractivity contribution in [2.45, 2.75) is 90.0 Å². The Hall–Kier alpha value is -1.86. The Morgan fingerprint density at radius 2 is 1.94 bits per heavy atom. The molecule has 1 aromatic heterocycles. The number of esters is 1. The fourth-order valence-corrected chi connectivity index (χ4v) is 5.20. The monoisotopic (exact) mass is 476 g/mol. The number of fused-ring (bicyclic) bond motifs is 1. The summed E-state index contributed by atoms with van der Waals surface area (Å²) in [6.45, 7) is 14.0. The predicted octanol–water partition coefficient (Wildman–Crippen LogP) is 6.24. The fraction of sp³-hybridized carbons (Fsp3) is 0.583. The minimum absolute atomic E-state index is 0.0998. The van der Waals surface area contributed by atoms with E-state index in [2.05, 4.69) is 47.7 Å². The zero-order valence-electron chi connectivity index (χ0n) is 20.0. The Labute approximate surface area is 200 Å². The normalized spacial score (nSPS) is 26.2. The molecule has 1 aliphatic heterocycles. The lowest BCUT2D eigenvalue weighted by atomic mass is 9.98. The quantitative estimate of drug-likeness (QED) is 0.482. The minimum atomic E-state index is -0.564. The number of nitrogens with zero attached hydrogens (tertiary/aromatic N) is 4. The van der Waals surface area contributed by atoms with Crippen molar-refractivity contribution in [1.82, 2.24) is 14.8 Å². The number of ether oxygens (including phenoxy) is 1. The lowest BCUT2D eigenvalue weighted by Crippen LogP contribution is -2.26. The maximum absolute atomic E-state index is 12.8. The van der Waals surface area contributed by atoms with Crippen LogP contribution in [0.5, 0.6) is 0 Å². The van der Waals surface area contributed by atoms with E-state index in [9.17, 15) is 4.79 Å². The predicted molar refractivity (Wildman–Crippen MR) is 132 cm³/mol. The first-order chi connectivity index (χ1) is 14.9. The maximum Gasteiger partial charge on any atom is 0.308 e. The van der Waals surface area contributed by atoms with Gasteiger partial charge in [0.05, 0.1) is 17.5 Å². The van der Waals surface area contributed by atoms with Gasteiger partial charge in [-0.1, -0.05) is 29.3 Å². The molecule has 0 aromatic carbocycles. The Bertz CT molecular complexity index is 1000. The van der Waals surface area contributed by atoms with E-state index >= 15 is 0 Å². The average Bonchev–Trinajstić information content (AvgIpc) is 3.06. The molecule has 0 saturated heterocycles. The van der Waals surface area contributed by atoms with Crippen molar-refractivity contribution in [3.05, 3.63) is 46.1 Å². The second-order valence-electron chi connectivity index (χ2n) is 9.35. The second-order valence-corrected chi connectivity index (χ2v) is 11.5. The van der Waals surface area contributed by atoms with E-state index in [1.54, 1.807) is 0 Å². The van der Waals surface area contributed by atoms with E-state index in [0.717, 1.165) is 22.1 Å². The number of allylic oxidation sites excluding steroid dienone is 5. The molecule has 0 N–H and O–H groups in total. The molecule has 1 aromatic rings. The number of hydrogen-bond acceptors (Lipinski definition) is 6. The van der Waals surface area contributed by atoms with Crippen LogP contribution >= 0.6 is 23.4 Å². The number of carbonyl (C=O) groups excluding carboxylic acids is 1. The molecule has 0 radical (unpaired) electrons. The molecule has 3 rings (SSSR count). The third kappa shape index (κ3) is 6.13. The highest BCUT2D eigenvalue weighted by atomic mass is 35.5. The summed E-state index contributed by atoms with van der Waals surface area (Å²) in [4.78, 5) is 17.9. The van der Waals surface area contributed by atoms with Gasteiger partial charge in [0.2, 0.25) is 0 Å². The maximum atomic E-state index is 12.8. The van der Waals surface area contributed by atoms with Crippen LogP contribution in [0.4, 0.5) is 0 Å². The van der Waals surface area contributed by atoms with Gasteiger partial charge in [0.1, 0.15) is 17.5 Å². The van der Waals surface area contributed by atoms with E-state index in [1.165, 1.54) is 5.57 Å². The Morgan fingerprint density at radius 3 is 2.56 bits per heavy atom. The van der Waals surface area contributed by atoms with Gasteiger partial charge < -0.3 is 9.30 Å². The van der Waals surface area contributed by atoms with Crippen LogP contribution in [-0.4, -0.2) is 37.3 Å². The molecule has 174 valence electrons. The van der Waals surface area contributed by atoms with Gasteiger partial charge in [0.15, 0.2) is 5.82 Å². The third-order valence-electron chi connectivity index (χ3n) is 5.45. The minimum Gasteiger partial charge on any atom is -0.460 e. The fourth-order valence-electron chi connectivity index (χ4n) is 3.79. The van der Waals surface area contributed by atoms with Crippen molar-refractivity contribution in [3.8, 4) is 0 Å². The molecule has 8 heteroatoms. The first-order valence-corrected chi connectivity index (χ1v) is 12.4. The van der Waals surface area contributed by atoms with Crippen LogP contribution in [-0.2, 0) is 9.53 Å². The van der Waals surface area contributed by atoms with Gasteiger partial charge in [-0.05, 0) is 66.5 Å². The van der Waals surface area contributed by atoms with Crippen molar-refractivity contribution >= 4 is 35.0 Å². The molecule has 3 unspecified atom stereocenters. The lowest BCUT2D eigenvalue weighted by molar-refractivity contribution is -0.155. The smallest absolute Gasteiger partial charge is 0.308 e. The van der Waals surface area contributed by atoms with Gasteiger partial charge in [-0.2, -0.15) is 0 Å². The number of carbonyl (C=O) groups is 1. The summed E-state index contributed by atoms with van der Waals surface area (Å²) in [6.07, 6.45) is 7.79. The molecule has 3 atom stereocenters. The Kier molecular flexibility index (Phi) is 7.71. The molecule has 2 heterocycles.